The summed E-state index contributed by atoms with van der Waals surface area (Å²) in [5.41, 5.74) is -0.0139. The Bertz CT molecular complexity index is 1750. The number of hydroxylamine groups is 1. The number of piperazine rings is 1. The third kappa shape index (κ3) is 7.36. The Hall–Kier alpha value is -3.29. The Morgan fingerprint density at radius 3 is 2.50 bits per heavy atom. The highest BCUT2D eigenvalue weighted by molar-refractivity contribution is 6.33. The van der Waals surface area contributed by atoms with Crippen LogP contribution in [0, 0.1) is 23.7 Å². The summed E-state index contributed by atoms with van der Waals surface area (Å²) in [4.78, 5) is 37.6. The molecule has 2 aromatic carbocycles. The normalized spacial score (nSPS) is 34.8. The molecule has 0 bridgehead atoms. The van der Waals surface area contributed by atoms with Gasteiger partial charge in [0.2, 0.25) is 0 Å². The molecule has 54 heavy (non-hydrogen) atoms. The molecule has 3 N–H and O–H groups in total. The minimum atomic E-state index is -1.56. The van der Waals surface area contributed by atoms with Gasteiger partial charge in [-0.15, -0.1) is 0 Å². The summed E-state index contributed by atoms with van der Waals surface area (Å²) in [6.07, 6.45) is 5.07. The van der Waals surface area contributed by atoms with Gasteiger partial charge in [0, 0.05) is 71.1 Å². The fourth-order valence-corrected chi connectivity index (χ4v) is 10.1. The van der Waals surface area contributed by atoms with Crippen LogP contribution in [0.15, 0.2) is 66.3 Å². The van der Waals surface area contributed by atoms with E-state index in [9.17, 15) is 19.8 Å². The average molecular weight is 763 g/mol. The van der Waals surface area contributed by atoms with Gasteiger partial charge in [-0.05, 0) is 54.7 Å². The quantitative estimate of drug-likeness (QED) is 0.242. The van der Waals surface area contributed by atoms with Crippen LogP contribution >= 0.6 is 11.6 Å². The zero-order valence-electron chi connectivity index (χ0n) is 32.0. The molecule has 1 unspecified atom stereocenters. The molecule has 0 spiro atoms. The minimum Gasteiger partial charge on any atom is -0.454 e. The van der Waals surface area contributed by atoms with E-state index in [0.29, 0.717) is 16.3 Å². The van der Waals surface area contributed by atoms with E-state index in [1.54, 1.807) is 25.2 Å². The van der Waals surface area contributed by atoms with Gasteiger partial charge in [0.25, 0.3) is 0 Å². The predicted molar refractivity (Wildman–Crippen MR) is 207 cm³/mol. The lowest BCUT2D eigenvalue weighted by Crippen LogP contribution is -2.66. The molecule has 5 aliphatic rings. The third-order valence-corrected chi connectivity index (χ3v) is 13.0. The molecule has 1 saturated carbocycles. The van der Waals surface area contributed by atoms with Crippen molar-refractivity contribution in [3.05, 3.63) is 82.4 Å². The number of nitrogens with zero attached hydrogens (tertiary/aromatic N) is 3. The fourth-order valence-electron chi connectivity index (χ4n) is 9.76. The monoisotopic (exact) mass is 762 g/mol. The molecule has 3 fully saturated rings. The first-order valence-corrected chi connectivity index (χ1v) is 19.8. The van der Waals surface area contributed by atoms with Crippen LogP contribution in [0.4, 0.5) is 5.69 Å². The molecule has 2 aliphatic carbocycles. The summed E-state index contributed by atoms with van der Waals surface area (Å²) in [6, 6.07) is 14.6. The maximum absolute atomic E-state index is 14.2. The number of fused-ring (bicyclic) bond motifs is 4. The Kier molecular flexibility index (Phi) is 11.3. The molecule has 10 atom stereocenters. The zero-order chi connectivity index (χ0) is 38.4. The number of halogens is 1. The van der Waals surface area contributed by atoms with Crippen LogP contribution in [-0.4, -0.2) is 108 Å². The van der Waals surface area contributed by atoms with Crippen LogP contribution in [0.25, 0.3) is 6.08 Å². The number of anilines is 1. The van der Waals surface area contributed by atoms with Crippen LogP contribution in [-0.2, 0) is 29.5 Å². The van der Waals surface area contributed by atoms with Crippen molar-refractivity contribution >= 4 is 35.3 Å². The second-order valence-corrected chi connectivity index (χ2v) is 16.6. The summed E-state index contributed by atoms with van der Waals surface area (Å²) in [5, 5.41) is 29.9. The highest BCUT2D eigenvalue weighted by Crippen LogP contribution is 2.53. The number of nitrogens with one attached hydrogen (secondary N) is 1. The van der Waals surface area contributed by atoms with Gasteiger partial charge in [0.15, 0.2) is 18.4 Å². The van der Waals surface area contributed by atoms with E-state index in [1.807, 2.05) is 19.9 Å². The topological polar surface area (TPSA) is 124 Å². The minimum absolute atomic E-state index is 0.0366. The van der Waals surface area contributed by atoms with Crippen LogP contribution in [0.3, 0.4) is 0 Å². The van der Waals surface area contributed by atoms with Gasteiger partial charge >= 0.3 is 11.9 Å². The van der Waals surface area contributed by atoms with Crippen molar-refractivity contribution < 1.29 is 34.1 Å². The molecule has 0 amide bonds. The Morgan fingerprint density at radius 1 is 1.06 bits per heavy atom. The van der Waals surface area contributed by atoms with Crippen molar-refractivity contribution in [2.24, 2.45) is 23.7 Å². The van der Waals surface area contributed by atoms with Gasteiger partial charge in [-0.25, -0.2) is 0 Å². The number of hydrogen-bond donors (Lipinski definition) is 3. The molecule has 11 nitrogen and oxygen atoms in total. The molecule has 2 saturated heterocycles. The molecular weight excluding hydrogens is 708 g/mol. The molecule has 2 aromatic rings. The van der Waals surface area contributed by atoms with E-state index >= 15 is 0 Å². The highest BCUT2D eigenvalue weighted by atomic mass is 35.5. The van der Waals surface area contributed by atoms with E-state index in [2.05, 4.69) is 64.5 Å². The molecule has 3 heterocycles. The largest absolute Gasteiger partial charge is 0.454 e. The van der Waals surface area contributed by atoms with Crippen molar-refractivity contribution in [2.45, 2.75) is 82.6 Å². The molecule has 7 rings (SSSR count). The standard InChI is InChI=1S/C42H55ClN4O7/c1-26-23-33-31(27(2)25-47-21-19-46(20-22-47)18-10-13-30-11-7-6-8-12-30)17-16-28(3)42(33,51)38(37(26)52-29(4)48)53-39(49)35-24-41(50)32-14-9-15-34(43)36(32)45(5)54-40(41)44-35/h6-15,23,27-28,31,33,35,37-38,40,44,50-51H,16-22,24-25H2,1-5H3/t27?,28-,31+,33-,35+,37-,38+,40-,41-,42-/m1/s1. The van der Waals surface area contributed by atoms with E-state index in [0.717, 1.165) is 57.7 Å². The Balaban J connectivity index is 1.05. The van der Waals surface area contributed by atoms with E-state index < -0.39 is 47.6 Å². The Morgan fingerprint density at radius 2 is 1.78 bits per heavy atom. The second-order valence-electron chi connectivity index (χ2n) is 16.2. The predicted octanol–water partition coefficient (Wildman–Crippen LogP) is 4.76. The molecule has 292 valence electrons. The first-order valence-electron chi connectivity index (χ1n) is 19.4. The van der Waals surface area contributed by atoms with E-state index in [1.165, 1.54) is 17.6 Å². The number of para-hydroxylation sites is 1. The van der Waals surface area contributed by atoms with Crippen LogP contribution in [0.1, 0.15) is 58.1 Å². The lowest BCUT2D eigenvalue weighted by molar-refractivity contribution is -0.225. The number of esters is 2. The van der Waals surface area contributed by atoms with Crippen LogP contribution < -0.4 is 10.4 Å². The number of benzene rings is 2. The van der Waals surface area contributed by atoms with Crippen molar-refractivity contribution in [1.82, 2.24) is 15.1 Å². The van der Waals surface area contributed by atoms with Gasteiger partial charge in [-0.3, -0.25) is 29.7 Å². The maximum atomic E-state index is 14.2. The fraction of sp³-hybridized carbons (Fsp3) is 0.571. The summed E-state index contributed by atoms with van der Waals surface area (Å²) < 4.78 is 12.2. The van der Waals surface area contributed by atoms with Crippen LogP contribution in [0.2, 0.25) is 5.02 Å². The van der Waals surface area contributed by atoms with Crippen molar-refractivity contribution in [3.8, 4) is 0 Å². The molecule has 12 heteroatoms. The van der Waals surface area contributed by atoms with Gasteiger partial charge in [0.1, 0.15) is 17.2 Å². The summed E-state index contributed by atoms with van der Waals surface area (Å²) in [5.74, 6) is -1.38. The number of ether oxygens (including phenoxy) is 2. The van der Waals surface area contributed by atoms with Gasteiger partial charge in [0.05, 0.1) is 10.7 Å². The molecule has 0 radical (unpaired) electrons. The molecule has 3 aliphatic heterocycles. The zero-order valence-corrected chi connectivity index (χ0v) is 32.7. The van der Waals surface area contributed by atoms with Crippen molar-refractivity contribution in [3.63, 3.8) is 0 Å². The van der Waals surface area contributed by atoms with Gasteiger partial charge in [-0.1, -0.05) is 86.1 Å². The highest BCUT2D eigenvalue weighted by Gasteiger charge is 2.62. The summed E-state index contributed by atoms with van der Waals surface area (Å²) >= 11 is 6.48. The Labute approximate surface area is 323 Å². The number of carbonyl (C=O) groups is 2. The summed E-state index contributed by atoms with van der Waals surface area (Å²) in [7, 11) is 1.70. The lowest BCUT2D eigenvalue weighted by atomic mass is 9.55. The third-order valence-electron chi connectivity index (χ3n) is 12.7. The number of aliphatic hydroxyl groups is 2. The van der Waals surface area contributed by atoms with E-state index in [4.69, 9.17) is 25.9 Å². The van der Waals surface area contributed by atoms with Gasteiger partial charge in [-0.2, -0.15) is 0 Å². The number of rotatable bonds is 9. The van der Waals surface area contributed by atoms with Gasteiger partial charge < -0.3 is 24.6 Å². The van der Waals surface area contributed by atoms with Crippen molar-refractivity contribution in [1.29, 1.82) is 0 Å². The lowest BCUT2D eigenvalue weighted by Gasteiger charge is -2.56. The average Bonchev–Trinajstić information content (AvgIpc) is 3.49. The first-order chi connectivity index (χ1) is 25.8. The summed E-state index contributed by atoms with van der Waals surface area (Å²) in [6.45, 7) is 13.2. The molecular formula is C42H55ClN4O7. The van der Waals surface area contributed by atoms with Crippen molar-refractivity contribution in [2.75, 3.05) is 51.4 Å². The first kappa shape index (κ1) is 39.0. The van der Waals surface area contributed by atoms with E-state index in [-0.39, 0.29) is 30.1 Å². The number of hydrogen-bond acceptors (Lipinski definition) is 11. The second kappa shape index (κ2) is 15.7. The smallest absolute Gasteiger partial charge is 0.323 e. The number of carbonyl (C=O) groups excluding carboxylic acids is 2. The SMILES string of the molecule is CC(=O)O[C@@H]1C(C)=C[C@@H]2[C@H](C(C)CN3CCN(CC=Cc4ccccc4)CC3)CC[C@@H](C)[C@]2(O)[C@H]1OC(=O)[C@@H]1C[C@@]2(O)c3cccc(Cl)c3N(C)O[C@H]2N1. The molecule has 0 aromatic heterocycles. The van der Waals surface area contributed by atoms with Crippen LogP contribution in [0.5, 0.6) is 0 Å². The maximum Gasteiger partial charge on any atom is 0.323 e.